The Hall–Kier alpha value is -2.50. The van der Waals surface area contributed by atoms with Crippen LogP contribution in [0.1, 0.15) is 45.2 Å². The van der Waals surface area contributed by atoms with Gasteiger partial charge in [0, 0.05) is 18.8 Å². The van der Waals surface area contributed by atoms with Gasteiger partial charge in [0.25, 0.3) is 5.91 Å². The van der Waals surface area contributed by atoms with Crippen molar-refractivity contribution in [2.24, 2.45) is 0 Å². The van der Waals surface area contributed by atoms with E-state index in [-0.39, 0.29) is 18.0 Å². The van der Waals surface area contributed by atoms with Crippen molar-refractivity contribution in [2.75, 3.05) is 25.0 Å². The number of ether oxygens (including phenoxy) is 1. The van der Waals surface area contributed by atoms with Gasteiger partial charge in [-0.1, -0.05) is 12.1 Å². The number of allylic oxidation sites excluding steroid dienone is 1. The van der Waals surface area contributed by atoms with Gasteiger partial charge in [-0.05, 0) is 57.4 Å². The van der Waals surface area contributed by atoms with Gasteiger partial charge in [0.1, 0.15) is 0 Å². The van der Waals surface area contributed by atoms with E-state index in [1.165, 1.54) is 0 Å². The lowest BCUT2D eigenvalue weighted by Crippen LogP contribution is -2.34. The normalized spacial score (nSPS) is 14.8. The van der Waals surface area contributed by atoms with Crippen LogP contribution in [0.15, 0.2) is 36.1 Å². The quantitative estimate of drug-likeness (QED) is 0.830. The Morgan fingerprint density at radius 3 is 2.44 bits per heavy atom. The number of carbonyl (C=O) groups is 2. The van der Waals surface area contributed by atoms with Gasteiger partial charge in [0.05, 0.1) is 12.6 Å². The topological polar surface area (TPSA) is 70.7 Å². The van der Waals surface area contributed by atoms with Crippen molar-refractivity contribution in [1.82, 2.24) is 10.2 Å². The molecule has 1 aliphatic rings. The van der Waals surface area contributed by atoms with Crippen LogP contribution in [0.4, 0.5) is 10.5 Å². The lowest BCUT2D eigenvalue weighted by atomic mass is 10.1. The summed E-state index contributed by atoms with van der Waals surface area (Å²) in [7, 11) is 0. The zero-order valence-corrected chi connectivity index (χ0v) is 15.2. The molecule has 0 saturated heterocycles. The molecule has 6 nitrogen and oxygen atoms in total. The summed E-state index contributed by atoms with van der Waals surface area (Å²) in [5.41, 5.74) is 1.70. The summed E-state index contributed by atoms with van der Waals surface area (Å²) < 4.78 is 5.38. The molecule has 1 aromatic carbocycles. The summed E-state index contributed by atoms with van der Waals surface area (Å²) in [6.45, 7) is 7.74. The first kappa shape index (κ1) is 18.8. The molecule has 0 saturated carbocycles. The van der Waals surface area contributed by atoms with E-state index >= 15 is 0 Å². The van der Waals surface area contributed by atoms with Crippen LogP contribution in [0, 0.1) is 0 Å². The second-order valence-electron chi connectivity index (χ2n) is 5.98. The average Bonchev–Trinajstić information content (AvgIpc) is 2.64. The average molecular weight is 345 g/mol. The first-order valence-electron chi connectivity index (χ1n) is 8.84. The van der Waals surface area contributed by atoms with Gasteiger partial charge in [-0.15, -0.1) is 0 Å². The number of carbonyl (C=O) groups excluding carboxylic acids is 2. The Bertz CT molecular complexity index is 621. The molecule has 1 heterocycles. The number of hydrogen-bond acceptors (Lipinski definition) is 3. The Labute approximate surface area is 149 Å². The number of rotatable bonds is 6. The van der Waals surface area contributed by atoms with Crippen molar-refractivity contribution in [3.63, 3.8) is 0 Å². The van der Waals surface area contributed by atoms with Gasteiger partial charge in [-0.25, -0.2) is 4.79 Å². The highest BCUT2D eigenvalue weighted by Crippen LogP contribution is 2.18. The van der Waals surface area contributed by atoms with E-state index in [9.17, 15) is 9.59 Å². The van der Waals surface area contributed by atoms with Crippen molar-refractivity contribution in [2.45, 2.75) is 39.7 Å². The lowest BCUT2D eigenvalue weighted by Gasteiger charge is -2.20. The standard InChI is InChI=1S/C19H27N3O3/c1-4-22(5-2)19(24)21-16-11-9-15(10-12-16)14(3)20-18(23)17-8-6-7-13-25-17/h8-12,14H,4-7,13H2,1-3H3,(H,20,23)(H,21,24). The van der Waals surface area contributed by atoms with Gasteiger partial charge in [0.15, 0.2) is 5.76 Å². The van der Waals surface area contributed by atoms with Crippen LogP contribution < -0.4 is 10.6 Å². The minimum absolute atomic E-state index is 0.111. The number of nitrogens with one attached hydrogen (secondary N) is 2. The number of benzene rings is 1. The van der Waals surface area contributed by atoms with Gasteiger partial charge >= 0.3 is 6.03 Å². The Balaban J connectivity index is 1.93. The highest BCUT2D eigenvalue weighted by atomic mass is 16.5. The van der Waals surface area contributed by atoms with Crippen LogP contribution in [-0.4, -0.2) is 36.5 Å². The van der Waals surface area contributed by atoms with Crippen molar-refractivity contribution >= 4 is 17.6 Å². The number of anilines is 1. The molecule has 0 aliphatic carbocycles. The highest BCUT2D eigenvalue weighted by molar-refractivity contribution is 5.92. The van der Waals surface area contributed by atoms with Crippen molar-refractivity contribution in [1.29, 1.82) is 0 Å². The maximum Gasteiger partial charge on any atom is 0.321 e. The van der Waals surface area contributed by atoms with Crippen LogP contribution in [0.5, 0.6) is 0 Å². The molecule has 1 aliphatic heterocycles. The van der Waals surface area contributed by atoms with Crippen LogP contribution >= 0.6 is 0 Å². The van der Waals surface area contributed by atoms with E-state index in [2.05, 4.69) is 10.6 Å². The van der Waals surface area contributed by atoms with E-state index in [0.717, 1.165) is 24.1 Å². The van der Waals surface area contributed by atoms with Crippen molar-refractivity contribution in [3.05, 3.63) is 41.7 Å². The minimum atomic E-state index is -0.189. The molecule has 1 atom stereocenters. The van der Waals surface area contributed by atoms with Crippen molar-refractivity contribution in [3.8, 4) is 0 Å². The molecule has 0 aromatic heterocycles. The predicted octanol–water partition coefficient (Wildman–Crippen LogP) is 3.43. The first-order chi connectivity index (χ1) is 12.0. The number of hydrogen-bond donors (Lipinski definition) is 2. The Morgan fingerprint density at radius 2 is 1.88 bits per heavy atom. The molecule has 2 rings (SSSR count). The lowest BCUT2D eigenvalue weighted by molar-refractivity contribution is -0.121. The molecule has 136 valence electrons. The van der Waals surface area contributed by atoms with Gasteiger partial charge in [0.2, 0.25) is 0 Å². The summed E-state index contributed by atoms with van der Waals surface area (Å²) in [4.78, 5) is 25.9. The Kier molecular flexibility index (Phi) is 6.86. The maximum absolute atomic E-state index is 12.2. The summed E-state index contributed by atoms with van der Waals surface area (Å²) in [5, 5.41) is 5.81. The number of amides is 3. The third-order valence-electron chi connectivity index (χ3n) is 4.22. The van der Waals surface area contributed by atoms with Crippen LogP contribution in [0.2, 0.25) is 0 Å². The fourth-order valence-corrected chi connectivity index (χ4v) is 2.64. The zero-order chi connectivity index (χ0) is 18.2. The Morgan fingerprint density at radius 1 is 1.20 bits per heavy atom. The van der Waals surface area contributed by atoms with E-state index in [1.54, 1.807) is 4.90 Å². The highest BCUT2D eigenvalue weighted by Gasteiger charge is 2.17. The molecular weight excluding hydrogens is 318 g/mol. The molecule has 1 unspecified atom stereocenters. The molecule has 6 heteroatoms. The summed E-state index contributed by atoms with van der Waals surface area (Å²) in [6.07, 6.45) is 3.66. The van der Waals surface area contributed by atoms with E-state index in [4.69, 9.17) is 4.74 Å². The molecule has 3 amide bonds. The molecule has 2 N–H and O–H groups in total. The molecule has 0 spiro atoms. The minimum Gasteiger partial charge on any atom is -0.488 e. The van der Waals surface area contributed by atoms with E-state index < -0.39 is 0 Å². The molecule has 0 fully saturated rings. The monoisotopic (exact) mass is 345 g/mol. The third kappa shape index (κ3) is 5.24. The predicted molar refractivity (Wildman–Crippen MR) is 98.2 cm³/mol. The van der Waals surface area contributed by atoms with E-state index in [0.29, 0.717) is 25.5 Å². The third-order valence-corrected chi connectivity index (χ3v) is 4.22. The van der Waals surface area contributed by atoms with Gasteiger partial charge in [-0.2, -0.15) is 0 Å². The van der Waals surface area contributed by atoms with E-state index in [1.807, 2.05) is 51.1 Å². The maximum atomic E-state index is 12.2. The number of nitrogens with zero attached hydrogens (tertiary/aromatic N) is 1. The van der Waals surface area contributed by atoms with Gasteiger partial charge < -0.3 is 20.3 Å². The van der Waals surface area contributed by atoms with Crippen LogP contribution in [0.3, 0.4) is 0 Å². The zero-order valence-electron chi connectivity index (χ0n) is 15.2. The number of urea groups is 1. The molecule has 0 radical (unpaired) electrons. The van der Waals surface area contributed by atoms with Crippen LogP contribution in [-0.2, 0) is 9.53 Å². The largest absolute Gasteiger partial charge is 0.488 e. The van der Waals surface area contributed by atoms with Gasteiger partial charge in [-0.3, -0.25) is 4.79 Å². The second-order valence-corrected chi connectivity index (χ2v) is 5.98. The fourth-order valence-electron chi connectivity index (χ4n) is 2.64. The summed E-state index contributed by atoms with van der Waals surface area (Å²) in [5.74, 6) is 0.215. The van der Waals surface area contributed by atoms with Crippen molar-refractivity contribution < 1.29 is 14.3 Å². The SMILES string of the molecule is CCN(CC)C(=O)Nc1ccc(C(C)NC(=O)C2=CCCCO2)cc1. The molecule has 1 aromatic rings. The fraction of sp³-hybridized carbons (Fsp3) is 0.474. The summed E-state index contributed by atoms with van der Waals surface area (Å²) >= 11 is 0. The molecule has 25 heavy (non-hydrogen) atoms. The van der Waals surface area contributed by atoms with Crippen LogP contribution in [0.25, 0.3) is 0 Å². The smallest absolute Gasteiger partial charge is 0.321 e. The molecular formula is C19H27N3O3. The molecule has 0 bridgehead atoms. The summed E-state index contributed by atoms with van der Waals surface area (Å²) in [6, 6.07) is 7.23. The second kappa shape index (κ2) is 9.11. The first-order valence-corrected chi connectivity index (χ1v) is 8.84.